The molecule has 23 heavy (non-hydrogen) atoms. The zero-order valence-electron chi connectivity index (χ0n) is 12.0. The van der Waals surface area contributed by atoms with Crippen LogP contribution in [0.25, 0.3) is 44.4 Å². The number of hydrogen-bond donors (Lipinski definition) is 1. The van der Waals surface area contributed by atoms with Crippen molar-refractivity contribution in [2.45, 2.75) is 0 Å². The summed E-state index contributed by atoms with van der Waals surface area (Å²) < 4.78 is 7.01. The van der Waals surface area contributed by atoms with E-state index in [0.29, 0.717) is 5.89 Å². The van der Waals surface area contributed by atoms with Crippen molar-refractivity contribution in [3.63, 3.8) is 0 Å². The molecule has 0 bridgehead atoms. The van der Waals surface area contributed by atoms with E-state index in [-0.39, 0.29) is 0 Å². The Bertz CT molecular complexity index is 1170. The predicted molar refractivity (Wildman–Crippen MR) is 96.5 cm³/mol. The second kappa shape index (κ2) is 4.70. The first-order chi connectivity index (χ1) is 11.3. The minimum atomic E-state index is 0.652. The average molecular weight is 363 g/mol. The molecular weight excluding hydrogens is 352 g/mol. The summed E-state index contributed by atoms with van der Waals surface area (Å²) in [5, 5.41) is 2.34. The molecule has 0 aliphatic heterocycles. The van der Waals surface area contributed by atoms with Crippen LogP contribution in [0.5, 0.6) is 0 Å². The van der Waals surface area contributed by atoms with Gasteiger partial charge in [0.25, 0.3) is 0 Å². The first kappa shape index (κ1) is 12.9. The largest absolute Gasteiger partial charge is 0.436 e. The monoisotopic (exact) mass is 362 g/mol. The fraction of sp³-hybridized carbons (Fsp3) is 0. The first-order valence-corrected chi connectivity index (χ1v) is 8.14. The van der Waals surface area contributed by atoms with Crippen molar-refractivity contribution in [1.82, 2.24) is 9.97 Å². The third kappa shape index (κ3) is 1.99. The van der Waals surface area contributed by atoms with E-state index in [9.17, 15) is 0 Å². The molecule has 0 unspecified atom stereocenters. The van der Waals surface area contributed by atoms with Crippen LogP contribution in [-0.4, -0.2) is 9.97 Å². The molecule has 2 heterocycles. The van der Waals surface area contributed by atoms with Crippen LogP contribution in [0, 0.1) is 0 Å². The SMILES string of the molecule is Brc1ccc2[nH]c3cc4oc(-c5ccccc5)nc4cc3c2c1. The Morgan fingerprint density at radius 2 is 1.70 bits per heavy atom. The molecule has 0 amide bonds. The van der Waals surface area contributed by atoms with Crippen LogP contribution >= 0.6 is 15.9 Å². The van der Waals surface area contributed by atoms with E-state index in [0.717, 1.165) is 37.6 Å². The van der Waals surface area contributed by atoms with Crippen molar-refractivity contribution in [2.24, 2.45) is 0 Å². The summed E-state index contributed by atoms with van der Waals surface area (Å²) >= 11 is 3.54. The van der Waals surface area contributed by atoms with Gasteiger partial charge in [-0.1, -0.05) is 34.1 Å². The Morgan fingerprint density at radius 3 is 2.57 bits per heavy atom. The summed E-state index contributed by atoms with van der Waals surface area (Å²) in [5.74, 6) is 0.652. The first-order valence-electron chi connectivity index (χ1n) is 7.35. The fourth-order valence-corrected chi connectivity index (χ4v) is 3.36. The number of halogens is 1. The third-order valence-corrected chi connectivity index (χ3v) is 4.58. The lowest BCUT2D eigenvalue weighted by Crippen LogP contribution is -1.74. The van der Waals surface area contributed by atoms with Crippen molar-refractivity contribution in [2.75, 3.05) is 0 Å². The van der Waals surface area contributed by atoms with E-state index in [1.165, 1.54) is 5.39 Å². The third-order valence-electron chi connectivity index (χ3n) is 4.09. The molecular formula is C19H11BrN2O. The zero-order valence-corrected chi connectivity index (χ0v) is 13.6. The molecule has 0 spiro atoms. The molecule has 0 radical (unpaired) electrons. The van der Waals surface area contributed by atoms with Crippen molar-refractivity contribution in [1.29, 1.82) is 0 Å². The van der Waals surface area contributed by atoms with Gasteiger partial charge in [-0.15, -0.1) is 0 Å². The second-order valence-electron chi connectivity index (χ2n) is 5.57. The number of oxazole rings is 1. The number of H-pyrrole nitrogens is 1. The van der Waals surface area contributed by atoms with E-state index in [1.807, 2.05) is 42.5 Å². The highest BCUT2D eigenvalue weighted by molar-refractivity contribution is 9.10. The second-order valence-corrected chi connectivity index (χ2v) is 6.48. The number of hydrogen-bond acceptors (Lipinski definition) is 2. The van der Waals surface area contributed by atoms with Crippen molar-refractivity contribution in [3.05, 3.63) is 65.1 Å². The summed E-state index contributed by atoms with van der Waals surface area (Å²) in [7, 11) is 0. The normalized spacial score (nSPS) is 11.7. The molecule has 0 saturated heterocycles. The van der Waals surface area contributed by atoms with Crippen LogP contribution in [0.3, 0.4) is 0 Å². The lowest BCUT2D eigenvalue weighted by molar-refractivity contribution is 0.620. The van der Waals surface area contributed by atoms with Crippen LogP contribution in [0.15, 0.2) is 69.6 Å². The van der Waals surface area contributed by atoms with Gasteiger partial charge in [0.05, 0.1) is 5.52 Å². The van der Waals surface area contributed by atoms with Gasteiger partial charge in [-0.25, -0.2) is 4.98 Å². The Kier molecular flexibility index (Phi) is 2.64. The maximum Gasteiger partial charge on any atom is 0.227 e. The molecule has 5 rings (SSSR count). The molecule has 0 atom stereocenters. The average Bonchev–Trinajstić information content (AvgIpc) is 3.14. The molecule has 0 saturated carbocycles. The number of rotatable bonds is 1. The van der Waals surface area contributed by atoms with Crippen molar-refractivity contribution in [3.8, 4) is 11.5 Å². The molecule has 0 fully saturated rings. The topological polar surface area (TPSA) is 41.8 Å². The minimum absolute atomic E-state index is 0.652. The molecule has 0 aliphatic carbocycles. The highest BCUT2D eigenvalue weighted by Crippen LogP contribution is 2.32. The van der Waals surface area contributed by atoms with Gasteiger partial charge in [0.15, 0.2) is 5.58 Å². The van der Waals surface area contributed by atoms with Gasteiger partial charge in [-0.3, -0.25) is 0 Å². The van der Waals surface area contributed by atoms with Crippen LogP contribution in [0.2, 0.25) is 0 Å². The number of benzene rings is 3. The van der Waals surface area contributed by atoms with Gasteiger partial charge in [0, 0.05) is 32.4 Å². The number of fused-ring (bicyclic) bond motifs is 4. The summed E-state index contributed by atoms with van der Waals surface area (Å²) in [6.45, 7) is 0. The van der Waals surface area contributed by atoms with E-state index in [4.69, 9.17) is 4.42 Å². The maximum atomic E-state index is 5.94. The molecule has 1 N–H and O–H groups in total. The van der Waals surface area contributed by atoms with Crippen LogP contribution in [0.1, 0.15) is 0 Å². The number of aromatic amines is 1. The molecule has 110 valence electrons. The minimum Gasteiger partial charge on any atom is -0.436 e. The molecule has 3 nitrogen and oxygen atoms in total. The Hall–Kier alpha value is -2.59. The lowest BCUT2D eigenvalue weighted by atomic mass is 10.1. The molecule has 0 aliphatic rings. The van der Waals surface area contributed by atoms with Gasteiger partial charge in [-0.05, 0) is 36.4 Å². The standard InChI is InChI=1S/C19H11BrN2O/c20-12-6-7-15-13(8-12)14-9-17-18(10-16(14)21-15)23-19(22-17)11-4-2-1-3-5-11/h1-10,21H. The van der Waals surface area contributed by atoms with E-state index in [1.54, 1.807) is 0 Å². The predicted octanol–water partition coefficient (Wildman–Crippen LogP) is 5.89. The summed E-state index contributed by atoms with van der Waals surface area (Å²) in [5.41, 5.74) is 4.82. The summed E-state index contributed by atoms with van der Waals surface area (Å²) in [4.78, 5) is 8.09. The van der Waals surface area contributed by atoms with Gasteiger partial charge in [-0.2, -0.15) is 0 Å². The lowest BCUT2D eigenvalue weighted by Gasteiger charge is -1.92. The highest BCUT2D eigenvalue weighted by atomic mass is 79.9. The Labute approximate surface area is 140 Å². The quantitative estimate of drug-likeness (QED) is 0.403. The van der Waals surface area contributed by atoms with Crippen molar-refractivity contribution >= 4 is 48.8 Å². The zero-order chi connectivity index (χ0) is 15.4. The van der Waals surface area contributed by atoms with E-state index >= 15 is 0 Å². The number of nitrogens with zero attached hydrogens (tertiary/aromatic N) is 1. The smallest absolute Gasteiger partial charge is 0.227 e. The van der Waals surface area contributed by atoms with Crippen LogP contribution in [0.4, 0.5) is 0 Å². The van der Waals surface area contributed by atoms with Gasteiger partial charge in [0.1, 0.15) is 5.52 Å². The molecule has 4 heteroatoms. The number of aromatic nitrogens is 2. The highest BCUT2D eigenvalue weighted by Gasteiger charge is 2.12. The van der Waals surface area contributed by atoms with Crippen LogP contribution < -0.4 is 0 Å². The summed E-state index contributed by atoms with van der Waals surface area (Å²) in [6.07, 6.45) is 0. The van der Waals surface area contributed by atoms with Gasteiger partial charge >= 0.3 is 0 Å². The molecule has 2 aromatic heterocycles. The maximum absolute atomic E-state index is 5.94. The van der Waals surface area contributed by atoms with Gasteiger partial charge < -0.3 is 9.40 Å². The van der Waals surface area contributed by atoms with Crippen molar-refractivity contribution < 1.29 is 4.42 Å². The molecule has 3 aromatic carbocycles. The molecule has 5 aromatic rings. The Balaban J connectivity index is 1.80. The van der Waals surface area contributed by atoms with E-state index in [2.05, 4.69) is 44.1 Å². The summed E-state index contributed by atoms with van der Waals surface area (Å²) in [6, 6.07) is 20.3. The van der Waals surface area contributed by atoms with E-state index < -0.39 is 0 Å². The number of nitrogens with one attached hydrogen (secondary N) is 1. The van der Waals surface area contributed by atoms with Crippen LogP contribution in [-0.2, 0) is 0 Å². The Morgan fingerprint density at radius 1 is 0.870 bits per heavy atom. The van der Waals surface area contributed by atoms with Gasteiger partial charge in [0.2, 0.25) is 5.89 Å². The fourth-order valence-electron chi connectivity index (χ4n) is 3.00.